The predicted octanol–water partition coefficient (Wildman–Crippen LogP) is 2.26. The van der Waals surface area contributed by atoms with Gasteiger partial charge in [-0.05, 0) is 12.1 Å². The van der Waals surface area contributed by atoms with Crippen molar-refractivity contribution >= 4 is 5.78 Å². The number of carbonyl (C=O) groups excluding carboxylic acids is 1. The van der Waals surface area contributed by atoms with Crippen LogP contribution in [0.5, 0.6) is 0 Å². The first-order valence-corrected chi connectivity index (χ1v) is 4.31. The Morgan fingerprint density at radius 1 is 1.40 bits per heavy atom. The van der Waals surface area contributed by atoms with Crippen LogP contribution >= 0.6 is 0 Å². The van der Waals surface area contributed by atoms with Gasteiger partial charge in [0.15, 0.2) is 11.5 Å². The molecule has 0 unspecified atom stereocenters. The van der Waals surface area contributed by atoms with Crippen LogP contribution in [0.2, 0.25) is 0 Å². The number of hydrogen-bond acceptors (Lipinski definition) is 3. The molecule has 1 heterocycles. The molecular formula is C9H10F3NO2. The van der Waals surface area contributed by atoms with Gasteiger partial charge in [-0.2, -0.15) is 13.2 Å². The number of ketones is 1. The largest absolute Gasteiger partial charge is 0.457 e. The minimum atomic E-state index is -4.32. The Balaban J connectivity index is 2.54. The molecule has 15 heavy (non-hydrogen) atoms. The van der Waals surface area contributed by atoms with Gasteiger partial charge in [-0.25, -0.2) is 0 Å². The molecule has 0 bridgehead atoms. The second-order valence-corrected chi connectivity index (χ2v) is 3.01. The Bertz CT molecular complexity index is 343. The Kier molecular flexibility index (Phi) is 3.52. The molecule has 0 saturated heterocycles. The molecule has 0 aromatic carbocycles. The molecule has 0 aliphatic heterocycles. The van der Waals surface area contributed by atoms with Crippen LogP contribution in [0.1, 0.15) is 29.2 Å². The Hall–Kier alpha value is -1.30. The van der Waals surface area contributed by atoms with E-state index < -0.39 is 24.8 Å². The van der Waals surface area contributed by atoms with Crippen molar-refractivity contribution in [2.24, 2.45) is 5.73 Å². The van der Waals surface area contributed by atoms with E-state index in [9.17, 15) is 18.0 Å². The van der Waals surface area contributed by atoms with Crippen molar-refractivity contribution in [1.82, 2.24) is 0 Å². The summed E-state index contributed by atoms with van der Waals surface area (Å²) in [5, 5.41) is 0. The van der Waals surface area contributed by atoms with Crippen molar-refractivity contribution in [3.8, 4) is 0 Å². The van der Waals surface area contributed by atoms with E-state index in [4.69, 9.17) is 10.2 Å². The first-order chi connectivity index (χ1) is 6.92. The molecule has 84 valence electrons. The first kappa shape index (κ1) is 11.8. The van der Waals surface area contributed by atoms with Crippen LogP contribution in [0.15, 0.2) is 16.5 Å². The SMILES string of the molecule is NCc1ccc(C(=O)CCC(F)(F)F)o1. The van der Waals surface area contributed by atoms with Gasteiger partial charge in [-0.15, -0.1) is 0 Å². The Labute approximate surface area is 84.0 Å². The lowest BCUT2D eigenvalue weighted by atomic mass is 10.2. The average molecular weight is 221 g/mol. The van der Waals surface area contributed by atoms with E-state index in [1.165, 1.54) is 12.1 Å². The molecule has 1 rings (SSSR count). The summed E-state index contributed by atoms with van der Waals surface area (Å²) in [6, 6.07) is 2.81. The molecule has 2 N–H and O–H groups in total. The monoisotopic (exact) mass is 221 g/mol. The third kappa shape index (κ3) is 3.75. The minimum absolute atomic E-state index is 0.0697. The first-order valence-electron chi connectivity index (χ1n) is 4.31. The number of rotatable bonds is 4. The molecule has 6 heteroatoms. The highest BCUT2D eigenvalue weighted by Crippen LogP contribution is 2.23. The molecule has 0 aliphatic rings. The summed E-state index contributed by atoms with van der Waals surface area (Å²) in [6.45, 7) is 0.118. The summed E-state index contributed by atoms with van der Waals surface area (Å²) < 4.78 is 40.3. The van der Waals surface area contributed by atoms with Crippen LogP contribution in [0.4, 0.5) is 13.2 Å². The van der Waals surface area contributed by atoms with E-state index >= 15 is 0 Å². The maximum Gasteiger partial charge on any atom is 0.389 e. The lowest BCUT2D eigenvalue weighted by molar-refractivity contribution is -0.133. The van der Waals surface area contributed by atoms with Gasteiger partial charge in [-0.3, -0.25) is 4.79 Å². The molecular weight excluding hydrogens is 211 g/mol. The number of hydrogen-bond donors (Lipinski definition) is 1. The quantitative estimate of drug-likeness (QED) is 0.793. The van der Waals surface area contributed by atoms with Gasteiger partial charge in [0.2, 0.25) is 0 Å². The number of nitrogens with two attached hydrogens (primary N) is 1. The van der Waals surface area contributed by atoms with Crippen molar-refractivity contribution in [2.45, 2.75) is 25.6 Å². The van der Waals surface area contributed by atoms with Crippen molar-refractivity contribution in [1.29, 1.82) is 0 Å². The maximum atomic E-state index is 11.8. The summed E-state index contributed by atoms with van der Waals surface area (Å²) in [6.07, 6.45) is -6.05. The smallest absolute Gasteiger partial charge is 0.389 e. The molecule has 0 aliphatic carbocycles. The summed E-state index contributed by atoms with van der Waals surface area (Å²) in [5.41, 5.74) is 5.22. The van der Waals surface area contributed by atoms with Crippen LogP contribution in [-0.2, 0) is 6.54 Å². The molecule has 1 aromatic heterocycles. The number of halogens is 3. The van der Waals surface area contributed by atoms with Gasteiger partial charge in [0.05, 0.1) is 13.0 Å². The van der Waals surface area contributed by atoms with Gasteiger partial charge in [0, 0.05) is 6.42 Å². The molecule has 1 aromatic rings. The summed E-state index contributed by atoms with van der Waals surface area (Å²) in [7, 11) is 0. The minimum Gasteiger partial charge on any atom is -0.457 e. The van der Waals surface area contributed by atoms with Gasteiger partial charge in [-0.1, -0.05) is 0 Å². The predicted molar refractivity (Wildman–Crippen MR) is 46.2 cm³/mol. The highest BCUT2D eigenvalue weighted by molar-refractivity contribution is 5.93. The lowest BCUT2D eigenvalue weighted by Gasteiger charge is -2.03. The van der Waals surface area contributed by atoms with E-state index in [0.717, 1.165) is 0 Å². The van der Waals surface area contributed by atoms with Crippen LogP contribution in [0.3, 0.4) is 0 Å². The molecule has 0 saturated carbocycles. The normalized spacial score (nSPS) is 11.7. The second-order valence-electron chi connectivity index (χ2n) is 3.01. The van der Waals surface area contributed by atoms with Crippen LogP contribution in [0, 0.1) is 0 Å². The third-order valence-electron chi connectivity index (χ3n) is 1.77. The summed E-state index contributed by atoms with van der Waals surface area (Å²) >= 11 is 0. The van der Waals surface area contributed by atoms with Crippen molar-refractivity contribution in [2.75, 3.05) is 0 Å². The van der Waals surface area contributed by atoms with E-state index in [1.54, 1.807) is 0 Å². The molecule has 0 atom stereocenters. The Morgan fingerprint density at radius 2 is 2.07 bits per heavy atom. The van der Waals surface area contributed by atoms with Crippen LogP contribution in [0.25, 0.3) is 0 Å². The summed E-state index contributed by atoms with van der Waals surface area (Å²) in [5.74, 6) is -0.350. The number of furan rings is 1. The highest BCUT2D eigenvalue weighted by Gasteiger charge is 2.28. The molecule has 3 nitrogen and oxygen atoms in total. The summed E-state index contributed by atoms with van der Waals surface area (Å²) in [4.78, 5) is 11.2. The van der Waals surface area contributed by atoms with Crippen LogP contribution < -0.4 is 5.73 Å². The van der Waals surface area contributed by atoms with Gasteiger partial charge in [0.1, 0.15) is 5.76 Å². The fourth-order valence-corrected chi connectivity index (χ4v) is 1.02. The van der Waals surface area contributed by atoms with Crippen molar-refractivity contribution < 1.29 is 22.4 Å². The number of carbonyl (C=O) groups is 1. The average Bonchev–Trinajstić information content (AvgIpc) is 2.61. The Morgan fingerprint density at radius 3 is 2.53 bits per heavy atom. The number of Topliss-reactive ketones (excluding diaryl/α,β-unsaturated/α-hetero) is 1. The van der Waals surface area contributed by atoms with Gasteiger partial charge >= 0.3 is 6.18 Å². The molecule has 0 spiro atoms. The lowest BCUT2D eigenvalue weighted by Crippen LogP contribution is -2.10. The van der Waals surface area contributed by atoms with Crippen LogP contribution in [-0.4, -0.2) is 12.0 Å². The molecule has 0 fully saturated rings. The van der Waals surface area contributed by atoms with E-state index in [1.807, 2.05) is 0 Å². The standard InChI is InChI=1S/C9H10F3NO2/c10-9(11,12)4-3-7(14)8-2-1-6(5-13)15-8/h1-2H,3-5,13H2. The zero-order valence-corrected chi connectivity index (χ0v) is 7.80. The van der Waals surface area contributed by atoms with E-state index in [-0.39, 0.29) is 12.3 Å². The maximum absolute atomic E-state index is 11.8. The molecule has 0 radical (unpaired) electrons. The highest BCUT2D eigenvalue weighted by atomic mass is 19.4. The fourth-order valence-electron chi connectivity index (χ4n) is 1.02. The topological polar surface area (TPSA) is 56.2 Å². The van der Waals surface area contributed by atoms with Gasteiger partial charge in [0.25, 0.3) is 0 Å². The van der Waals surface area contributed by atoms with Crippen molar-refractivity contribution in [3.05, 3.63) is 23.7 Å². The van der Waals surface area contributed by atoms with E-state index in [0.29, 0.717) is 5.76 Å². The van der Waals surface area contributed by atoms with Gasteiger partial charge < -0.3 is 10.2 Å². The second kappa shape index (κ2) is 4.48. The zero-order chi connectivity index (χ0) is 11.5. The zero-order valence-electron chi connectivity index (χ0n) is 7.80. The number of alkyl halides is 3. The fraction of sp³-hybridized carbons (Fsp3) is 0.444. The molecule has 0 amide bonds. The van der Waals surface area contributed by atoms with Crippen molar-refractivity contribution in [3.63, 3.8) is 0 Å². The third-order valence-corrected chi connectivity index (χ3v) is 1.77. The van der Waals surface area contributed by atoms with E-state index in [2.05, 4.69) is 0 Å².